The Bertz CT molecular complexity index is 237. The minimum Gasteiger partial charge on any atom is -0.632 e. The molecule has 0 spiro atoms. The number of nitrogens with zero attached hydrogens (tertiary/aromatic N) is 1. The van der Waals surface area contributed by atoms with Gasteiger partial charge in [-0.3, -0.25) is 0 Å². The Morgan fingerprint density at radius 2 is 1.82 bits per heavy atom. The zero-order chi connectivity index (χ0) is 12.7. The van der Waals surface area contributed by atoms with Crippen LogP contribution in [0.15, 0.2) is 0 Å². The monoisotopic (exact) mass is 243 g/mol. The molecule has 1 atom stereocenters. The lowest BCUT2D eigenvalue weighted by Crippen LogP contribution is -2.52. The predicted molar refractivity (Wildman–Crippen MR) is 67.4 cm³/mol. The molecule has 1 fully saturated rings. The second kappa shape index (κ2) is 6.97. The summed E-state index contributed by atoms with van der Waals surface area (Å²) in [7, 11) is 0. The van der Waals surface area contributed by atoms with E-state index < -0.39 is 16.7 Å². The fraction of sp³-hybridized carbons (Fsp3) is 0.923. The number of hydroxylamine groups is 3. The van der Waals surface area contributed by atoms with Crippen LogP contribution in [-0.2, 0) is 4.79 Å². The van der Waals surface area contributed by atoms with Crippen LogP contribution in [0.4, 0.5) is 0 Å². The van der Waals surface area contributed by atoms with Gasteiger partial charge in [0.05, 0.1) is 13.1 Å². The first-order chi connectivity index (χ1) is 8.10. The van der Waals surface area contributed by atoms with Gasteiger partial charge in [-0.25, -0.2) is 4.79 Å². The van der Waals surface area contributed by atoms with Gasteiger partial charge >= 0.3 is 5.97 Å². The molecule has 1 unspecified atom stereocenters. The van der Waals surface area contributed by atoms with E-state index in [0.717, 1.165) is 32.1 Å². The number of rotatable bonds is 8. The average molecular weight is 243 g/mol. The van der Waals surface area contributed by atoms with Gasteiger partial charge in [-0.05, 0) is 6.42 Å². The molecule has 1 rings (SSSR count). The molecule has 0 aromatic rings. The first-order valence-electron chi connectivity index (χ1n) is 6.90. The molecule has 4 nitrogen and oxygen atoms in total. The van der Waals surface area contributed by atoms with Crippen molar-refractivity contribution in [1.82, 2.24) is 0 Å². The molecule has 1 heterocycles. The number of hydrogen-bond acceptors (Lipinski definition) is 2. The second-order valence-corrected chi connectivity index (χ2v) is 5.16. The maximum atomic E-state index is 12.3. The lowest BCUT2D eigenvalue weighted by molar-refractivity contribution is -0.885. The minimum atomic E-state index is -0.905. The third-order valence-corrected chi connectivity index (χ3v) is 3.76. The molecular weight excluding hydrogens is 218 g/mol. The molecule has 0 aromatic carbocycles. The molecule has 0 aliphatic carbocycles. The molecule has 0 saturated carbocycles. The summed E-state index contributed by atoms with van der Waals surface area (Å²) in [6.07, 6.45) is 7.77. The van der Waals surface area contributed by atoms with E-state index in [2.05, 4.69) is 6.92 Å². The fourth-order valence-electron chi connectivity index (χ4n) is 2.68. The zero-order valence-corrected chi connectivity index (χ0v) is 10.9. The summed E-state index contributed by atoms with van der Waals surface area (Å²) in [5.74, 6) is -0.905. The van der Waals surface area contributed by atoms with Crippen LogP contribution in [0.25, 0.3) is 0 Å². The number of hydrogen-bond donors (Lipinski definition) is 1. The van der Waals surface area contributed by atoms with Gasteiger partial charge in [0.2, 0.25) is 0 Å². The fourth-order valence-corrected chi connectivity index (χ4v) is 2.68. The van der Waals surface area contributed by atoms with E-state index in [9.17, 15) is 15.1 Å². The van der Waals surface area contributed by atoms with Crippen molar-refractivity contribution in [3.05, 3.63) is 5.21 Å². The Kier molecular flexibility index (Phi) is 5.92. The predicted octanol–water partition coefficient (Wildman–Crippen LogP) is 2.91. The number of likely N-dealkylation sites (tertiary alicyclic amines) is 1. The quantitative estimate of drug-likeness (QED) is 0.405. The SMILES string of the molecule is CCCCCCCC(C(=O)O)[N+]1([O-])CCCC1. The zero-order valence-electron chi connectivity index (χ0n) is 10.9. The van der Waals surface area contributed by atoms with Crippen molar-refractivity contribution in [2.75, 3.05) is 13.1 Å². The highest BCUT2D eigenvalue weighted by atomic mass is 16.6. The average Bonchev–Trinajstić information content (AvgIpc) is 2.70. The first kappa shape index (κ1) is 14.5. The summed E-state index contributed by atoms with van der Waals surface area (Å²) in [6.45, 7) is 3.14. The van der Waals surface area contributed by atoms with E-state index in [1.807, 2.05) is 0 Å². The van der Waals surface area contributed by atoms with Crippen LogP contribution in [0.5, 0.6) is 0 Å². The molecule has 0 radical (unpaired) electrons. The summed E-state index contributed by atoms with van der Waals surface area (Å²) in [6, 6.07) is -0.723. The third-order valence-electron chi connectivity index (χ3n) is 3.76. The van der Waals surface area contributed by atoms with Crippen LogP contribution < -0.4 is 0 Å². The van der Waals surface area contributed by atoms with Gasteiger partial charge in [0.1, 0.15) is 0 Å². The van der Waals surface area contributed by atoms with Crippen molar-refractivity contribution >= 4 is 5.97 Å². The summed E-state index contributed by atoms with van der Waals surface area (Å²) in [5.41, 5.74) is 0. The normalized spacial score (nSPS) is 20.4. The summed E-state index contributed by atoms with van der Waals surface area (Å²) >= 11 is 0. The maximum Gasteiger partial charge on any atom is 0.362 e. The molecule has 100 valence electrons. The van der Waals surface area contributed by atoms with Crippen LogP contribution in [-0.4, -0.2) is 34.9 Å². The van der Waals surface area contributed by atoms with Crippen LogP contribution in [0.3, 0.4) is 0 Å². The van der Waals surface area contributed by atoms with Crippen LogP contribution >= 0.6 is 0 Å². The standard InChI is InChI=1S/C13H25NO3/c1-2-3-4-5-6-9-12(13(15)16)14(17)10-7-8-11-14/h12H,2-11H2,1H3,(H,15,16). The second-order valence-electron chi connectivity index (χ2n) is 5.16. The number of unbranched alkanes of at least 4 members (excludes halogenated alkanes) is 4. The van der Waals surface area contributed by atoms with Gasteiger partial charge in [-0.1, -0.05) is 32.6 Å². The van der Waals surface area contributed by atoms with Gasteiger partial charge in [0.15, 0.2) is 6.04 Å². The number of aliphatic carboxylic acids is 1. The van der Waals surface area contributed by atoms with Gasteiger partial charge < -0.3 is 15.0 Å². The highest BCUT2D eigenvalue weighted by Gasteiger charge is 2.37. The Balaban J connectivity index is 2.36. The lowest BCUT2D eigenvalue weighted by atomic mass is 10.1. The third kappa shape index (κ3) is 4.28. The Morgan fingerprint density at radius 1 is 1.24 bits per heavy atom. The van der Waals surface area contributed by atoms with Crippen molar-refractivity contribution in [2.24, 2.45) is 0 Å². The van der Waals surface area contributed by atoms with Crippen molar-refractivity contribution in [2.45, 2.75) is 64.3 Å². The van der Waals surface area contributed by atoms with Crippen LogP contribution in [0.2, 0.25) is 0 Å². The molecule has 17 heavy (non-hydrogen) atoms. The lowest BCUT2D eigenvalue weighted by Gasteiger charge is -2.43. The number of carbonyl (C=O) groups is 1. The van der Waals surface area contributed by atoms with E-state index in [1.165, 1.54) is 12.8 Å². The minimum absolute atomic E-state index is 0.483. The number of quaternary nitrogens is 1. The molecule has 1 N–H and O–H groups in total. The van der Waals surface area contributed by atoms with Crippen LogP contribution in [0, 0.1) is 5.21 Å². The van der Waals surface area contributed by atoms with Crippen molar-refractivity contribution in [1.29, 1.82) is 0 Å². The topological polar surface area (TPSA) is 60.4 Å². The summed E-state index contributed by atoms with van der Waals surface area (Å²) < 4.78 is -0.483. The largest absolute Gasteiger partial charge is 0.632 e. The van der Waals surface area contributed by atoms with E-state index in [1.54, 1.807) is 0 Å². The van der Waals surface area contributed by atoms with E-state index in [-0.39, 0.29) is 0 Å². The van der Waals surface area contributed by atoms with Crippen LogP contribution in [0.1, 0.15) is 58.3 Å². The smallest absolute Gasteiger partial charge is 0.362 e. The van der Waals surface area contributed by atoms with E-state index >= 15 is 0 Å². The Labute approximate surface area is 104 Å². The van der Waals surface area contributed by atoms with Gasteiger partial charge in [0.25, 0.3) is 0 Å². The summed E-state index contributed by atoms with van der Waals surface area (Å²) in [4.78, 5) is 11.2. The summed E-state index contributed by atoms with van der Waals surface area (Å²) in [5, 5.41) is 21.5. The van der Waals surface area contributed by atoms with Gasteiger partial charge in [0, 0.05) is 19.3 Å². The first-order valence-corrected chi connectivity index (χ1v) is 6.90. The highest BCUT2D eigenvalue weighted by molar-refractivity contribution is 5.72. The van der Waals surface area contributed by atoms with Gasteiger partial charge in [-0.2, -0.15) is 0 Å². The Morgan fingerprint density at radius 3 is 2.35 bits per heavy atom. The Hall–Kier alpha value is -0.610. The van der Waals surface area contributed by atoms with E-state index in [0.29, 0.717) is 19.5 Å². The van der Waals surface area contributed by atoms with Crippen molar-refractivity contribution in [3.8, 4) is 0 Å². The van der Waals surface area contributed by atoms with Crippen molar-refractivity contribution in [3.63, 3.8) is 0 Å². The number of carboxylic acids is 1. The highest BCUT2D eigenvalue weighted by Crippen LogP contribution is 2.25. The van der Waals surface area contributed by atoms with Gasteiger partial charge in [-0.15, -0.1) is 0 Å². The molecule has 0 bridgehead atoms. The molecule has 1 aliphatic heterocycles. The van der Waals surface area contributed by atoms with E-state index in [4.69, 9.17) is 0 Å². The molecule has 0 amide bonds. The molecular formula is C13H25NO3. The van der Waals surface area contributed by atoms with Crippen molar-refractivity contribution < 1.29 is 14.5 Å². The molecule has 4 heteroatoms. The number of carboxylic acid groups (broad SMARTS) is 1. The molecule has 1 saturated heterocycles. The molecule has 1 aliphatic rings. The maximum absolute atomic E-state index is 12.3. The molecule has 0 aromatic heterocycles.